The van der Waals surface area contributed by atoms with Gasteiger partial charge in [0.1, 0.15) is 23.3 Å². The van der Waals surface area contributed by atoms with Gasteiger partial charge < -0.3 is 9.63 Å². The Morgan fingerprint density at radius 2 is 1.64 bits per heavy atom. The summed E-state index contributed by atoms with van der Waals surface area (Å²) in [7, 11) is 0. The van der Waals surface area contributed by atoms with E-state index in [1.807, 2.05) is 0 Å². The molecule has 0 aliphatic heterocycles. The van der Waals surface area contributed by atoms with Crippen LogP contribution in [-0.4, -0.2) is 26.7 Å². The summed E-state index contributed by atoms with van der Waals surface area (Å²) >= 11 is 16.9. The fourth-order valence-corrected chi connectivity index (χ4v) is 2.97. The third-order valence-electron chi connectivity index (χ3n) is 3.62. The van der Waals surface area contributed by atoms with E-state index in [1.54, 1.807) is 0 Å². The molecule has 0 aliphatic carbocycles. The van der Waals surface area contributed by atoms with Gasteiger partial charge in [-0.25, -0.2) is 22.4 Å². The van der Waals surface area contributed by atoms with E-state index >= 15 is 0 Å². The Labute approximate surface area is 169 Å². The third kappa shape index (κ3) is 3.96. The lowest BCUT2D eigenvalue weighted by Gasteiger charge is -2.21. The highest BCUT2D eigenvalue weighted by Crippen LogP contribution is 2.40. The first-order valence-corrected chi connectivity index (χ1v) is 8.42. The first-order chi connectivity index (χ1) is 13.0. The molecule has 148 valence electrons. The van der Waals surface area contributed by atoms with Crippen molar-refractivity contribution in [1.82, 2.24) is 5.16 Å². The second kappa shape index (κ2) is 7.31. The van der Waals surface area contributed by atoms with Crippen LogP contribution < -0.4 is 4.90 Å². The van der Waals surface area contributed by atoms with E-state index in [2.05, 4.69) is 5.16 Å². The van der Waals surface area contributed by atoms with E-state index in [4.69, 9.17) is 39.3 Å². The maximum Gasteiger partial charge on any atom is 0.413 e. The minimum absolute atomic E-state index is 0.276. The quantitative estimate of drug-likeness (QED) is 0.392. The average molecular weight is 458 g/mol. The van der Waals surface area contributed by atoms with Crippen molar-refractivity contribution in [2.75, 3.05) is 11.4 Å². The number of rotatable bonds is 3. The van der Waals surface area contributed by atoms with Crippen LogP contribution in [0.25, 0.3) is 22.1 Å². The maximum absolute atomic E-state index is 14.3. The van der Waals surface area contributed by atoms with Crippen LogP contribution in [0, 0.1) is 23.3 Å². The summed E-state index contributed by atoms with van der Waals surface area (Å²) in [4.78, 5) is 12.1. The lowest BCUT2D eigenvalue weighted by Crippen LogP contribution is -2.37. The molecule has 0 radical (unpaired) electrons. The highest BCUT2D eigenvalue weighted by Gasteiger charge is 2.33. The maximum atomic E-state index is 14.3. The Hall–Kier alpha value is -2.23. The predicted octanol–water partition coefficient (Wildman–Crippen LogP) is 5.91. The molecule has 0 saturated heterocycles. The van der Waals surface area contributed by atoms with Crippen LogP contribution in [0.5, 0.6) is 0 Å². The molecule has 2 aromatic carbocycles. The Morgan fingerprint density at radius 1 is 1.07 bits per heavy atom. The van der Waals surface area contributed by atoms with Gasteiger partial charge in [0.25, 0.3) is 0 Å². The monoisotopic (exact) mass is 456 g/mol. The molecule has 1 N–H and O–H groups in total. The summed E-state index contributed by atoms with van der Waals surface area (Å²) < 4.78 is 58.6. The lowest BCUT2D eigenvalue weighted by atomic mass is 9.99. The van der Waals surface area contributed by atoms with Gasteiger partial charge in [0.05, 0.1) is 17.5 Å². The zero-order valence-corrected chi connectivity index (χ0v) is 15.6. The Morgan fingerprint density at radius 3 is 2.18 bits per heavy atom. The first kappa shape index (κ1) is 20.5. The zero-order valence-electron chi connectivity index (χ0n) is 13.3. The molecule has 0 fully saturated rings. The van der Waals surface area contributed by atoms with Crippen LogP contribution >= 0.6 is 34.8 Å². The van der Waals surface area contributed by atoms with Gasteiger partial charge >= 0.3 is 6.09 Å². The fourth-order valence-electron chi connectivity index (χ4n) is 2.62. The molecule has 0 aliphatic rings. The van der Waals surface area contributed by atoms with Gasteiger partial charge in [-0.15, -0.1) is 0 Å². The summed E-state index contributed by atoms with van der Waals surface area (Å²) in [6.45, 7) is -0.722. The number of alkyl halides is 3. The number of nitrogens with zero attached hydrogens (tertiary/aromatic N) is 2. The number of anilines is 1. The van der Waals surface area contributed by atoms with Crippen LogP contribution in [0.4, 0.5) is 28.2 Å². The Balaban J connectivity index is 2.34. The zero-order chi connectivity index (χ0) is 20.8. The van der Waals surface area contributed by atoms with E-state index in [0.29, 0.717) is 17.0 Å². The first-order valence-electron chi connectivity index (χ1n) is 7.29. The number of hydrogen-bond donors (Lipinski definition) is 1. The van der Waals surface area contributed by atoms with Crippen LogP contribution in [0.15, 0.2) is 28.8 Å². The standard InChI is InChI=1S/C16H7Cl3F4N2O3/c17-16(18,19)5-25(15(26)27)14-13-8(1-6(20)4-11(13)28-24-14)12-9(22)2-7(21)3-10(12)23/h1-4H,5H2,(H,26,27). The summed E-state index contributed by atoms with van der Waals surface area (Å²) in [6.07, 6.45) is -1.63. The van der Waals surface area contributed by atoms with Crippen molar-refractivity contribution >= 4 is 57.7 Å². The fraction of sp³-hybridized carbons (Fsp3) is 0.125. The molecule has 3 aromatic rings. The van der Waals surface area contributed by atoms with Gasteiger partial charge in [0.2, 0.25) is 3.79 Å². The number of benzene rings is 2. The summed E-state index contributed by atoms with van der Waals surface area (Å²) in [6, 6.07) is 2.32. The van der Waals surface area contributed by atoms with Gasteiger partial charge in [-0.1, -0.05) is 40.0 Å². The number of aromatic nitrogens is 1. The SMILES string of the molecule is O=C(O)N(CC(Cl)(Cl)Cl)c1noc2cc(F)cc(-c3c(F)cc(F)cc3F)c12. The molecule has 0 atom stereocenters. The van der Waals surface area contributed by atoms with E-state index < -0.39 is 56.6 Å². The number of hydrogen-bond acceptors (Lipinski definition) is 3. The predicted molar refractivity (Wildman–Crippen MR) is 94.9 cm³/mol. The largest absolute Gasteiger partial charge is 0.465 e. The van der Waals surface area contributed by atoms with E-state index in [0.717, 1.165) is 12.1 Å². The van der Waals surface area contributed by atoms with Crippen LogP contribution in [0.3, 0.4) is 0 Å². The van der Waals surface area contributed by atoms with Gasteiger partial charge in [-0.05, 0) is 6.07 Å². The average Bonchev–Trinajstić information content (AvgIpc) is 2.93. The van der Waals surface area contributed by atoms with Crippen molar-refractivity contribution in [3.63, 3.8) is 0 Å². The second-order valence-electron chi connectivity index (χ2n) is 5.56. The number of carbonyl (C=O) groups is 1. The molecule has 12 heteroatoms. The smallest absolute Gasteiger partial charge is 0.413 e. The number of halogens is 7. The van der Waals surface area contributed by atoms with Crippen LogP contribution in [-0.2, 0) is 0 Å². The van der Waals surface area contributed by atoms with Gasteiger partial charge in [0, 0.05) is 23.8 Å². The molecule has 1 amide bonds. The highest BCUT2D eigenvalue weighted by atomic mass is 35.6. The summed E-state index contributed by atoms with van der Waals surface area (Å²) in [5.41, 5.74) is -1.60. The van der Waals surface area contributed by atoms with Gasteiger partial charge in [0.15, 0.2) is 11.4 Å². The molecule has 0 unspecified atom stereocenters. The molecule has 1 aromatic heterocycles. The molecular weight excluding hydrogens is 451 g/mol. The topological polar surface area (TPSA) is 66.6 Å². The molecule has 0 spiro atoms. The van der Waals surface area contributed by atoms with Crippen molar-refractivity contribution in [1.29, 1.82) is 0 Å². The minimum Gasteiger partial charge on any atom is -0.465 e. The minimum atomic E-state index is -2.07. The Kier molecular flexibility index (Phi) is 5.35. The normalized spacial score (nSPS) is 11.8. The molecular formula is C16H7Cl3F4N2O3. The van der Waals surface area contributed by atoms with E-state index in [-0.39, 0.29) is 11.0 Å². The molecule has 0 bridgehead atoms. The Bertz CT molecular complexity index is 1060. The van der Waals surface area contributed by atoms with Crippen molar-refractivity contribution in [2.24, 2.45) is 0 Å². The van der Waals surface area contributed by atoms with Crippen molar-refractivity contribution < 1.29 is 32.0 Å². The molecule has 1 heterocycles. The highest BCUT2D eigenvalue weighted by molar-refractivity contribution is 6.68. The number of fused-ring (bicyclic) bond motifs is 1. The molecule has 3 rings (SSSR count). The van der Waals surface area contributed by atoms with Crippen LogP contribution in [0.1, 0.15) is 0 Å². The lowest BCUT2D eigenvalue weighted by molar-refractivity contribution is 0.201. The molecule has 0 saturated carbocycles. The number of amides is 1. The van der Waals surface area contributed by atoms with E-state index in [9.17, 15) is 27.5 Å². The van der Waals surface area contributed by atoms with Gasteiger partial charge in [-0.3, -0.25) is 4.90 Å². The van der Waals surface area contributed by atoms with Crippen LogP contribution in [0.2, 0.25) is 0 Å². The molecule has 5 nitrogen and oxygen atoms in total. The number of carboxylic acid groups (broad SMARTS) is 1. The summed E-state index contributed by atoms with van der Waals surface area (Å²) in [5.74, 6) is -5.34. The second-order valence-corrected chi connectivity index (χ2v) is 8.08. The van der Waals surface area contributed by atoms with Crippen molar-refractivity contribution in [3.05, 3.63) is 47.5 Å². The van der Waals surface area contributed by atoms with E-state index in [1.165, 1.54) is 0 Å². The van der Waals surface area contributed by atoms with Crippen molar-refractivity contribution in [2.45, 2.75) is 3.79 Å². The summed E-state index contributed by atoms with van der Waals surface area (Å²) in [5, 5.41) is 12.7. The third-order valence-corrected chi connectivity index (χ3v) is 3.98. The van der Waals surface area contributed by atoms with Crippen molar-refractivity contribution in [3.8, 4) is 11.1 Å². The van der Waals surface area contributed by atoms with Gasteiger partial charge in [-0.2, -0.15) is 0 Å². The molecule has 28 heavy (non-hydrogen) atoms.